The van der Waals surface area contributed by atoms with E-state index in [1.165, 1.54) is 13.0 Å². The zero-order chi connectivity index (χ0) is 9.14. The lowest BCUT2D eigenvalue weighted by Gasteiger charge is -2.28. The minimum absolute atomic E-state index is 0.287. The van der Waals surface area contributed by atoms with E-state index in [-0.39, 0.29) is 6.23 Å². The average molecular weight is 172 g/mol. The quantitative estimate of drug-likeness (QED) is 0.576. The molecule has 1 aliphatic heterocycles. The summed E-state index contributed by atoms with van der Waals surface area (Å²) < 4.78 is 5.44. The first-order valence-electron chi connectivity index (χ1n) is 4.53. The number of hydrogen-bond donors (Lipinski definition) is 0. The zero-order valence-electron chi connectivity index (χ0n) is 8.58. The molecule has 0 aromatic rings. The Balaban J connectivity index is 2.44. The SMILES string of the molecule is COC(C1CCN(C)C1)N(C)C. The van der Waals surface area contributed by atoms with Crippen molar-refractivity contribution in [3.8, 4) is 0 Å². The van der Waals surface area contributed by atoms with E-state index in [1.807, 2.05) is 0 Å². The monoisotopic (exact) mass is 172 g/mol. The molecule has 1 heterocycles. The average Bonchev–Trinajstić information content (AvgIpc) is 2.37. The molecule has 0 aliphatic carbocycles. The molecule has 0 radical (unpaired) electrons. The second kappa shape index (κ2) is 4.21. The van der Waals surface area contributed by atoms with Crippen molar-refractivity contribution in [3.05, 3.63) is 0 Å². The van der Waals surface area contributed by atoms with Crippen LogP contribution in [0.5, 0.6) is 0 Å². The van der Waals surface area contributed by atoms with Crippen molar-refractivity contribution in [3.63, 3.8) is 0 Å². The third-order valence-corrected chi connectivity index (χ3v) is 2.58. The second-order valence-electron chi connectivity index (χ2n) is 3.90. The third-order valence-electron chi connectivity index (χ3n) is 2.58. The van der Waals surface area contributed by atoms with Crippen LogP contribution in [0.15, 0.2) is 0 Å². The first-order valence-corrected chi connectivity index (χ1v) is 4.53. The van der Waals surface area contributed by atoms with Gasteiger partial charge in [0, 0.05) is 19.6 Å². The maximum Gasteiger partial charge on any atom is 0.113 e. The Labute approximate surface area is 75.3 Å². The van der Waals surface area contributed by atoms with Crippen LogP contribution in [0.25, 0.3) is 0 Å². The van der Waals surface area contributed by atoms with E-state index in [9.17, 15) is 0 Å². The topological polar surface area (TPSA) is 15.7 Å². The summed E-state index contributed by atoms with van der Waals surface area (Å²) in [6.45, 7) is 2.37. The number of nitrogens with zero attached hydrogens (tertiary/aromatic N) is 2. The molecule has 0 N–H and O–H groups in total. The third kappa shape index (κ3) is 2.19. The molecule has 2 atom stereocenters. The van der Waals surface area contributed by atoms with Gasteiger partial charge in [-0.25, -0.2) is 0 Å². The predicted molar refractivity (Wildman–Crippen MR) is 50.1 cm³/mol. The molecule has 12 heavy (non-hydrogen) atoms. The highest BCUT2D eigenvalue weighted by molar-refractivity contribution is 4.78. The fourth-order valence-electron chi connectivity index (χ4n) is 2.03. The first-order chi connectivity index (χ1) is 5.65. The van der Waals surface area contributed by atoms with E-state index in [0.717, 1.165) is 6.54 Å². The normalized spacial score (nSPS) is 28.2. The van der Waals surface area contributed by atoms with Gasteiger partial charge in [-0.15, -0.1) is 0 Å². The van der Waals surface area contributed by atoms with Gasteiger partial charge in [-0.2, -0.15) is 0 Å². The van der Waals surface area contributed by atoms with Crippen LogP contribution in [0.3, 0.4) is 0 Å². The molecule has 3 heteroatoms. The lowest BCUT2D eigenvalue weighted by Crippen LogP contribution is -2.37. The Morgan fingerprint density at radius 1 is 1.50 bits per heavy atom. The van der Waals surface area contributed by atoms with Crippen molar-refractivity contribution in [2.24, 2.45) is 5.92 Å². The molecule has 1 aliphatic rings. The summed E-state index contributed by atoms with van der Waals surface area (Å²) in [5.74, 6) is 0.676. The number of likely N-dealkylation sites (tertiary alicyclic amines) is 1. The summed E-state index contributed by atoms with van der Waals surface area (Å²) in [7, 11) is 8.12. The van der Waals surface area contributed by atoms with E-state index in [2.05, 4.69) is 30.9 Å². The lowest BCUT2D eigenvalue weighted by molar-refractivity contribution is -0.0425. The minimum atomic E-state index is 0.287. The van der Waals surface area contributed by atoms with Gasteiger partial charge in [0.05, 0.1) is 0 Å². The summed E-state index contributed by atoms with van der Waals surface area (Å²) in [5, 5.41) is 0. The van der Waals surface area contributed by atoms with Gasteiger partial charge in [-0.1, -0.05) is 0 Å². The van der Waals surface area contributed by atoms with E-state index in [1.54, 1.807) is 7.11 Å². The summed E-state index contributed by atoms with van der Waals surface area (Å²) >= 11 is 0. The van der Waals surface area contributed by atoms with Crippen LogP contribution in [0.4, 0.5) is 0 Å². The van der Waals surface area contributed by atoms with Crippen molar-refractivity contribution in [2.45, 2.75) is 12.6 Å². The molecule has 0 aromatic carbocycles. The molecule has 0 amide bonds. The van der Waals surface area contributed by atoms with Gasteiger partial charge in [-0.05, 0) is 34.1 Å². The Kier molecular flexibility index (Phi) is 3.50. The zero-order valence-corrected chi connectivity index (χ0v) is 8.58. The molecule has 2 unspecified atom stereocenters. The van der Waals surface area contributed by atoms with Crippen molar-refractivity contribution in [1.82, 2.24) is 9.80 Å². The van der Waals surface area contributed by atoms with Crippen molar-refractivity contribution in [1.29, 1.82) is 0 Å². The maximum atomic E-state index is 5.44. The number of hydrogen-bond acceptors (Lipinski definition) is 3. The van der Waals surface area contributed by atoms with Crippen molar-refractivity contribution in [2.75, 3.05) is 41.3 Å². The number of rotatable bonds is 3. The Bertz CT molecular complexity index is 138. The van der Waals surface area contributed by atoms with Gasteiger partial charge in [0.15, 0.2) is 0 Å². The molecule has 0 bridgehead atoms. The molecule has 1 saturated heterocycles. The Hall–Kier alpha value is -0.120. The van der Waals surface area contributed by atoms with Crippen LogP contribution in [0, 0.1) is 5.92 Å². The van der Waals surface area contributed by atoms with E-state index < -0.39 is 0 Å². The molecule has 0 saturated carbocycles. The molecular formula is C9H20N2O. The van der Waals surface area contributed by atoms with Crippen LogP contribution < -0.4 is 0 Å². The van der Waals surface area contributed by atoms with Gasteiger partial charge in [0.1, 0.15) is 6.23 Å². The van der Waals surface area contributed by atoms with E-state index >= 15 is 0 Å². The second-order valence-corrected chi connectivity index (χ2v) is 3.90. The Morgan fingerprint density at radius 2 is 2.17 bits per heavy atom. The fourth-order valence-corrected chi connectivity index (χ4v) is 2.03. The molecule has 0 spiro atoms. The highest BCUT2D eigenvalue weighted by Gasteiger charge is 2.28. The van der Waals surface area contributed by atoms with Crippen LogP contribution >= 0.6 is 0 Å². The molecule has 1 fully saturated rings. The summed E-state index contributed by atoms with van der Waals surface area (Å²) in [6.07, 6.45) is 1.54. The van der Waals surface area contributed by atoms with Crippen LogP contribution in [-0.2, 0) is 4.74 Å². The molecule has 1 rings (SSSR count). The van der Waals surface area contributed by atoms with Gasteiger partial charge < -0.3 is 9.64 Å². The van der Waals surface area contributed by atoms with Crippen molar-refractivity contribution < 1.29 is 4.74 Å². The van der Waals surface area contributed by atoms with Gasteiger partial charge in [-0.3, -0.25) is 4.90 Å². The van der Waals surface area contributed by atoms with Crippen molar-refractivity contribution >= 4 is 0 Å². The smallest absolute Gasteiger partial charge is 0.113 e. The summed E-state index contributed by atoms with van der Waals surface area (Å²) in [4.78, 5) is 4.52. The van der Waals surface area contributed by atoms with E-state index in [4.69, 9.17) is 4.74 Å². The summed E-state index contributed by atoms with van der Waals surface area (Å²) in [6, 6.07) is 0. The fraction of sp³-hybridized carbons (Fsp3) is 1.00. The predicted octanol–water partition coefficient (Wildman–Crippen LogP) is 0.472. The Morgan fingerprint density at radius 3 is 2.50 bits per heavy atom. The molecule has 72 valence electrons. The summed E-state index contributed by atoms with van der Waals surface area (Å²) in [5.41, 5.74) is 0. The van der Waals surface area contributed by atoms with Gasteiger partial charge in [0.25, 0.3) is 0 Å². The van der Waals surface area contributed by atoms with E-state index in [0.29, 0.717) is 5.92 Å². The molecule has 3 nitrogen and oxygen atoms in total. The van der Waals surface area contributed by atoms with Crippen LogP contribution in [-0.4, -0.2) is 57.4 Å². The number of methoxy groups -OCH3 is 1. The van der Waals surface area contributed by atoms with Crippen LogP contribution in [0.1, 0.15) is 6.42 Å². The van der Waals surface area contributed by atoms with Gasteiger partial charge >= 0.3 is 0 Å². The highest BCUT2D eigenvalue weighted by Crippen LogP contribution is 2.21. The largest absolute Gasteiger partial charge is 0.366 e. The number of ether oxygens (including phenoxy) is 1. The highest BCUT2D eigenvalue weighted by atomic mass is 16.5. The standard InChI is InChI=1S/C9H20N2O/c1-10(2)9(12-4)8-5-6-11(3)7-8/h8-9H,5-7H2,1-4H3. The molecular weight excluding hydrogens is 152 g/mol. The minimum Gasteiger partial charge on any atom is -0.366 e. The lowest BCUT2D eigenvalue weighted by atomic mass is 10.1. The van der Waals surface area contributed by atoms with Crippen LogP contribution in [0.2, 0.25) is 0 Å². The first kappa shape index (κ1) is 9.96. The maximum absolute atomic E-state index is 5.44. The molecule has 0 aromatic heterocycles. The van der Waals surface area contributed by atoms with Gasteiger partial charge in [0.2, 0.25) is 0 Å².